The third kappa shape index (κ3) is 8.27. The Balaban J connectivity index is 0.00000338. The van der Waals surface area contributed by atoms with Gasteiger partial charge in [-0.1, -0.05) is 12.1 Å². The summed E-state index contributed by atoms with van der Waals surface area (Å²) in [6.07, 6.45) is -0.936. The van der Waals surface area contributed by atoms with E-state index in [1.165, 1.54) is 0 Å². The van der Waals surface area contributed by atoms with Crippen molar-refractivity contribution in [3.63, 3.8) is 0 Å². The molecule has 1 heterocycles. The molecular weight excluding hydrogens is 369 g/mol. The average molecular weight is 395 g/mol. The number of ether oxygens (including phenoxy) is 1. The molecule has 0 bridgehead atoms. The molecule has 0 unspecified atom stereocenters. The van der Waals surface area contributed by atoms with Gasteiger partial charge in [-0.15, -0.1) is 12.4 Å². The number of piperidine rings is 1. The zero-order valence-electron chi connectivity index (χ0n) is 14.8. The third-order valence-corrected chi connectivity index (χ3v) is 4.33. The van der Waals surface area contributed by atoms with Crippen molar-refractivity contribution in [3.8, 4) is 5.75 Å². The first-order valence-corrected chi connectivity index (χ1v) is 8.60. The first-order valence-electron chi connectivity index (χ1n) is 8.60. The first-order chi connectivity index (χ1) is 11.8. The van der Waals surface area contributed by atoms with Crippen molar-refractivity contribution in [2.45, 2.75) is 45.3 Å². The van der Waals surface area contributed by atoms with Crippen molar-refractivity contribution >= 4 is 18.3 Å². The molecule has 0 aromatic heterocycles. The summed E-state index contributed by atoms with van der Waals surface area (Å²) in [5.41, 5.74) is 1.35. The average Bonchev–Trinajstić information content (AvgIpc) is 2.57. The molecule has 1 aromatic rings. The highest BCUT2D eigenvalue weighted by molar-refractivity contribution is 5.85. The Morgan fingerprint density at radius 2 is 2.00 bits per heavy atom. The fourth-order valence-corrected chi connectivity index (χ4v) is 2.89. The number of alkyl halides is 3. The molecule has 0 radical (unpaired) electrons. The van der Waals surface area contributed by atoms with E-state index in [-0.39, 0.29) is 30.6 Å². The fraction of sp³-hybridized carbons (Fsp3) is 0.611. The number of rotatable bonds is 7. The number of amides is 1. The van der Waals surface area contributed by atoms with Crippen LogP contribution < -0.4 is 15.4 Å². The van der Waals surface area contributed by atoms with Gasteiger partial charge in [-0.3, -0.25) is 4.79 Å². The van der Waals surface area contributed by atoms with Gasteiger partial charge >= 0.3 is 6.18 Å². The van der Waals surface area contributed by atoms with Crippen molar-refractivity contribution < 1.29 is 22.7 Å². The molecule has 148 valence electrons. The van der Waals surface area contributed by atoms with E-state index < -0.39 is 12.8 Å². The van der Waals surface area contributed by atoms with Gasteiger partial charge in [0, 0.05) is 18.5 Å². The van der Waals surface area contributed by atoms with Crippen LogP contribution in [-0.4, -0.2) is 31.8 Å². The molecule has 0 aliphatic carbocycles. The Bertz CT molecular complexity index is 576. The normalized spacial score (nSPS) is 15.2. The zero-order chi connectivity index (χ0) is 18.3. The summed E-state index contributed by atoms with van der Waals surface area (Å²) in [4.78, 5) is 12.0. The Morgan fingerprint density at radius 1 is 1.31 bits per heavy atom. The summed E-state index contributed by atoms with van der Waals surface area (Å²) >= 11 is 0. The van der Waals surface area contributed by atoms with Crippen LogP contribution >= 0.6 is 12.4 Å². The predicted molar refractivity (Wildman–Crippen MR) is 96.7 cm³/mol. The van der Waals surface area contributed by atoms with E-state index in [1.54, 1.807) is 25.1 Å². The van der Waals surface area contributed by atoms with Gasteiger partial charge in [0.2, 0.25) is 5.91 Å². The van der Waals surface area contributed by atoms with Gasteiger partial charge in [0.05, 0.1) is 0 Å². The van der Waals surface area contributed by atoms with Gasteiger partial charge in [0.25, 0.3) is 0 Å². The van der Waals surface area contributed by atoms with Crippen LogP contribution in [0.1, 0.15) is 36.8 Å². The van der Waals surface area contributed by atoms with Gasteiger partial charge in [0.1, 0.15) is 5.75 Å². The molecule has 1 fully saturated rings. The van der Waals surface area contributed by atoms with Gasteiger partial charge in [0.15, 0.2) is 6.61 Å². The highest BCUT2D eigenvalue weighted by Crippen LogP contribution is 2.24. The summed E-state index contributed by atoms with van der Waals surface area (Å²) in [6, 6.07) is 5.04. The number of hydrogen-bond donors (Lipinski definition) is 2. The molecule has 1 aliphatic heterocycles. The number of nitrogens with one attached hydrogen (secondary N) is 2. The molecule has 1 aromatic carbocycles. The molecule has 2 N–H and O–H groups in total. The second-order valence-corrected chi connectivity index (χ2v) is 6.52. The quantitative estimate of drug-likeness (QED) is 0.740. The van der Waals surface area contributed by atoms with E-state index in [9.17, 15) is 18.0 Å². The topological polar surface area (TPSA) is 50.4 Å². The molecular formula is C18H26ClF3N2O2. The molecule has 4 nitrogen and oxygen atoms in total. The van der Waals surface area contributed by atoms with E-state index in [2.05, 4.69) is 10.6 Å². The number of aryl methyl sites for hydroxylation is 1. The van der Waals surface area contributed by atoms with E-state index in [4.69, 9.17) is 4.74 Å². The maximum Gasteiger partial charge on any atom is 0.422 e. The molecule has 1 saturated heterocycles. The van der Waals surface area contributed by atoms with Crippen LogP contribution in [0.2, 0.25) is 0 Å². The van der Waals surface area contributed by atoms with E-state index >= 15 is 0 Å². The van der Waals surface area contributed by atoms with Gasteiger partial charge in [-0.25, -0.2) is 0 Å². The Morgan fingerprint density at radius 3 is 2.65 bits per heavy atom. The maximum absolute atomic E-state index is 12.4. The van der Waals surface area contributed by atoms with E-state index in [0.29, 0.717) is 17.9 Å². The summed E-state index contributed by atoms with van der Waals surface area (Å²) in [6.45, 7) is 2.60. The largest absolute Gasteiger partial charge is 0.484 e. The SMILES string of the molecule is Cc1ccc(CNC(=O)CCC2CCNCC2)c(OCC(F)(F)F)c1.Cl. The van der Waals surface area contributed by atoms with Crippen molar-refractivity contribution in [2.24, 2.45) is 5.92 Å². The van der Waals surface area contributed by atoms with E-state index in [1.807, 2.05) is 0 Å². The van der Waals surface area contributed by atoms with Crippen molar-refractivity contribution in [3.05, 3.63) is 29.3 Å². The van der Waals surface area contributed by atoms with Crippen LogP contribution in [-0.2, 0) is 11.3 Å². The summed E-state index contributed by atoms with van der Waals surface area (Å²) in [5.74, 6) is 0.647. The number of benzene rings is 1. The predicted octanol–water partition coefficient (Wildman–Crippen LogP) is 3.75. The van der Waals surface area contributed by atoms with Crippen molar-refractivity contribution in [1.82, 2.24) is 10.6 Å². The number of carbonyl (C=O) groups excluding carboxylic acids is 1. The molecule has 8 heteroatoms. The van der Waals surface area contributed by atoms with E-state index in [0.717, 1.165) is 37.9 Å². The molecule has 1 aliphatic rings. The standard InChI is InChI=1S/C18H25F3N2O2.ClH/c1-13-2-4-15(16(10-13)25-12-18(19,20)21)11-23-17(24)5-3-14-6-8-22-9-7-14;/h2,4,10,14,22H,3,5-9,11-12H2,1H3,(H,23,24);1H. The summed E-state index contributed by atoms with van der Waals surface area (Å²) < 4.78 is 42.0. The molecule has 0 saturated carbocycles. The second kappa shape index (κ2) is 10.6. The Kier molecular flexibility index (Phi) is 9.22. The number of hydrogen-bond acceptors (Lipinski definition) is 3. The van der Waals surface area contributed by atoms with Crippen LogP contribution in [0.15, 0.2) is 18.2 Å². The highest BCUT2D eigenvalue weighted by atomic mass is 35.5. The van der Waals surface area contributed by atoms with Gasteiger partial charge < -0.3 is 15.4 Å². The fourth-order valence-electron chi connectivity index (χ4n) is 2.89. The number of halogens is 4. The lowest BCUT2D eigenvalue weighted by atomic mass is 9.93. The van der Waals surface area contributed by atoms with Crippen LogP contribution in [0.25, 0.3) is 0 Å². The molecule has 1 amide bonds. The van der Waals surface area contributed by atoms with Crippen LogP contribution in [0.5, 0.6) is 5.75 Å². The Labute approximate surface area is 158 Å². The lowest BCUT2D eigenvalue weighted by molar-refractivity contribution is -0.153. The Hall–Kier alpha value is -1.47. The van der Waals surface area contributed by atoms with Crippen LogP contribution in [0.3, 0.4) is 0 Å². The zero-order valence-corrected chi connectivity index (χ0v) is 15.6. The van der Waals surface area contributed by atoms with Crippen molar-refractivity contribution in [2.75, 3.05) is 19.7 Å². The van der Waals surface area contributed by atoms with Gasteiger partial charge in [-0.2, -0.15) is 13.2 Å². The minimum absolute atomic E-state index is 0. The minimum Gasteiger partial charge on any atom is -0.484 e. The maximum atomic E-state index is 12.4. The second-order valence-electron chi connectivity index (χ2n) is 6.52. The molecule has 0 spiro atoms. The highest BCUT2D eigenvalue weighted by Gasteiger charge is 2.28. The van der Waals surface area contributed by atoms with Crippen molar-refractivity contribution in [1.29, 1.82) is 0 Å². The first kappa shape index (κ1) is 22.6. The van der Waals surface area contributed by atoms with Gasteiger partial charge in [-0.05, 0) is 56.8 Å². The molecule has 2 rings (SSSR count). The van der Waals surface area contributed by atoms with Crippen LogP contribution in [0.4, 0.5) is 13.2 Å². The molecule has 0 atom stereocenters. The lowest BCUT2D eigenvalue weighted by Gasteiger charge is -2.22. The third-order valence-electron chi connectivity index (χ3n) is 4.33. The summed E-state index contributed by atoms with van der Waals surface area (Å²) in [7, 11) is 0. The number of carbonyl (C=O) groups is 1. The molecule has 26 heavy (non-hydrogen) atoms. The minimum atomic E-state index is -4.39. The summed E-state index contributed by atoms with van der Waals surface area (Å²) in [5, 5.41) is 6.07. The smallest absolute Gasteiger partial charge is 0.422 e. The lowest BCUT2D eigenvalue weighted by Crippen LogP contribution is -2.29. The van der Waals surface area contributed by atoms with Crippen LogP contribution in [0, 0.1) is 12.8 Å². The monoisotopic (exact) mass is 394 g/mol.